The second kappa shape index (κ2) is 4.28. The summed E-state index contributed by atoms with van der Waals surface area (Å²) in [5.41, 5.74) is 0.931. The van der Waals surface area contributed by atoms with E-state index in [4.69, 9.17) is 11.6 Å². The Balaban J connectivity index is 2.10. The SMILES string of the molecule is Fc1ccc(Cl)c(CC2CCNC2)c1. The standard InChI is InChI=1S/C11H13ClFN/c12-11-2-1-10(13)6-9(11)5-8-3-4-14-7-8/h1-2,6,8,14H,3-5,7H2. The summed E-state index contributed by atoms with van der Waals surface area (Å²) in [4.78, 5) is 0. The lowest BCUT2D eigenvalue weighted by atomic mass is 9.99. The Bertz CT molecular complexity index is 321. The van der Waals surface area contributed by atoms with Crippen molar-refractivity contribution < 1.29 is 4.39 Å². The van der Waals surface area contributed by atoms with Gasteiger partial charge in [0.05, 0.1) is 0 Å². The summed E-state index contributed by atoms with van der Waals surface area (Å²) in [6, 6.07) is 4.58. The van der Waals surface area contributed by atoms with E-state index in [2.05, 4.69) is 5.32 Å². The molecule has 1 saturated heterocycles. The molecule has 14 heavy (non-hydrogen) atoms. The maximum Gasteiger partial charge on any atom is 0.123 e. The molecule has 1 aromatic carbocycles. The largest absolute Gasteiger partial charge is 0.316 e. The predicted molar refractivity (Wildman–Crippen MR) is 56.1 cm³/mol. The van der Waals surface area contributed by atoms with Crippen LogP contribution in [0.2, 0.25) is 5.02 Å². The topological polar surface area (TPSA) is 12.0 Å². The average Bonchev–Trinajstić information content (AvgIpc) is 2.64. The first-order chi connectivity index (χ1) is 6.75. The highest BCUT2D eigenvalue weighted by Gasteiger charge is 2.16. The first-order valence-corrected chi connectivity index (χ1v) is 5.28. The first-order valence-electron chi connectivity index (χ1n) is 4.90. The molecule has 3 heteroatoms. The van der Waals surface area contributed by atoms with Crippen molar-refractivity contribution in [2.45, 2.75) is 12.8 Å². The average molecular weight is 214 g/mol. The maximum absolute atomic E-state index is 12.9. The number of halogens is 2. The number of hydrogen-bond donors (Lipinski definition) is 1. The summed E-state index contributed by atoms with van der Waals surface area (Å²) in [7, 11) is 0. The van der Waals surface area contributed by atoms with Gasteiger partial charge in [0.2, 0.25) is 0 Å². The van der Waals surface area contributed by atoms with Crippen LogP contribution in [0.15, 0.2) is 18.2 Å². The van der Waals surface area contributed by atoms with Crippen LogP contribution >= 0.6 is 11.6 Å². The monoisotopic (exact) mass is 213 g/mol. The summed E-state index contributed by atoms with van der Waals surface area (Å²) in [5, 5.41) is 3.97. The van der Waals surface area contributed by atoms with Crippen molar-refractivity contribution in [1.29, 1.82) is 0 Å². The highest BCUT2D eigenvalue weighted by molar-refractivity contribution is 6.31. The van der Waals surface area contributed by atoms with E-state index in [1.807, 2.05) is 0 Å². The van der Waals surface area contributed by atoms with Crippen LogP contribution in [0.4, 0.5) is 4.39 Å². The van der Waals surface area contributed by atoms with Gasteiger partial charge in [0, 0.05) is 5.02 Å². The smallest absolute Gasteiger partial charge is 0.123 e. The molecule has 0 aliphatic carbocycles. The van der Waals surface area contributed by atoms with E-state index in [1.54, 1.807) is 12.1 Å². The Hall–Kier alpha value is -0.600. The molecule has 0 amide bonds. The summed E-state index contributed by atoms with van der Waals surface area (Å²) < 4.78 is 12.9. The molecule has 0 spiro atoms. The molecule has 76 valence electrons. The molecule has 1 aliphatic rings. The van der Waals surface area contributed by atoms with Crippen molar-refractivity contribution in [1.82, 2.24) is 5.32 Å². The van der Waals surface area contributed by atoms with E-state index < -0.39 is 0 Å². The van der Waals surface area contributed by atoms with Crippen LogP contribution in [0.25, 0.3) is 0 Å². The normalized spacial score (nSPS) is 21.4. The van der Waals surface area contributed by atoms with Crippen molar-refractivity contribution >= 4 is 11.6 Å². The highest BCUT2D eigenvalue weighted by atomic mass is 35.5. The molecule has 2 rings (SSSR count). The van der Waals surface area contributed by atoms with Crippen LogP contribution in [-0.2, 0) is 6.42 Å². The van der Waals surface area contributed by atoms with Gasteiger partial charge in [-0.15, -0.1) is 0 Å². The second-order valence-electron chi connectivity index (χ2n) is 3.80. The second-order valence-corrected chi connectivity index (χ2v) is 4.21. The molecule has 1 nitrogen and oxygen atoms in total. The fourth-order valence-corrected chi connectivity index (χ4v) is 2.09. The number of benzene rings is 1. The van der Waals surface area contributed by atoms with E-state index in [-0.39, 0.29) is 5.82 Å². The van der Waals surface area contributed by atoms with E-state index in [0.29, 0.717) is 10.9 Å². The molecule has 1 fully saturated rings. The lowest BCUT2D eigenvalue weighted by molar-refractivity contribution is 0.573. The maximum atomic E-state index is 12.9. The third kappa shape index (κ3) is 2.25. The van der Waals surface area contributed by atoms with Crippen molar-refractivity contribution in [2.24, 2.45) is 5.92 Å². The van der Waals surface area contributed by atoms with E-state index in [1.165, 1.54) is 6.07 Å². The Kier molecular flexibility index (Phi) is 3.04. The van der Waals surface area contributed by atoms with Crippen molar-refractivity contribution in [2.75, 3.05) is 13.1 Å². The highest BCUT2D eigenvalue weighted by Crippen LogP contribution is 2.22. The van der Waals surface area contributed by atoms with Gasteiger partial charge in [-0.2, -0.15) is 0 Å². The van der Waals surface area contributed by atoms with Crippen molar-refractivity contribution in [3.05, 3.63) is 34.6 Å². The minimum atomic E-state index is -0.199. The summed E-state index contributed by atoms with van der Waals surface area (Å²) >= 11 is 5.99. The minimum absolute atomic E-state index is 0.199. The Morgan fingerprint density at radius 2 is 2.36 bits per heavy atom. The molecule has 0 saturated carbocycles. The molecule has 1 heterocycles. The van der Waals surface area contributed by atoms with E-state index in [9.17, 15) is 4.39 Å². The van der Waals surface area contributed by atoms with Crippen molar-refractivity contribution in [3.8, 4) is 0 Å². The van der Waals surface area contributed by atoms with Gasteiger partial charge in [0.25, 0.3) is 0 Å². The van der Waals surface area contributed by atoms with Gasteiger partial charge in [-0.1, -0.05) is 11.6 Å². The molecule has 1 aromatic rings. The van der Waals surface area contributed by atoms with Gasteiger partial charge in [-0.25, -0.2) is 4.39 Å². The fraction of sp³-hybridized carbons (Fsp3) is 0.455. The summed E-state index contributed by atoms with van der Waals surface area (Å²) in [6.07, 6.45) is 2.04. The van der Waals surface area contributed by atoms with Gasteiger partial charge in [-0.3, -0.25) is 0 Å². The number of hydrogen-bond acceptors (Lipinski definition) is 1. The van der Waals surface area contributed by atoms with Crippen LogP contribution in [-0.4, -0.2) is 13.1 Å². The van der Waals surface area contributed by atoms with Crippen LogP contribution in [0.5, 0.6) is 0 Å². The first kappa shape index (κ1) is 9.94. The molecular formula is C11H13ClFN. The molecule has 0 radical (unpaired) electrons. The molecular weight excluding hydrogens is 201 g/mol. The molecule has 0 bridgehead atoms. The Morgan fingerprint density at radius 1 is 1.50 bits per heavy atom. The zero-order valence-corrected chi connectivity index (χ0v) is 8.65. The van der Waals surface area contributed by atoms with Crippen LogP contribution in [0.1, 0.15) is 12.0 Å². The van der Waals surface area contributed by atoms with Gasteiger partial charge in [0.15, 0.2) is 0 Å². The quantitative estimate of drug-likeness (QED) is 0.797. The van der Waals surface area contributed by atoms with Crippen LogP contribution < -0.4 is 5.32 Å². The van der Waals surface area contributed by atoms with E-state index in [0.717, 1.165) is 31.5 Å². The zero-order chi connectivity index (χ0) is 9.97. The lowest BCUT2D eigenvalue weighted by Gasteiger charge is -2.09. The lowest BCUT2D eigenvalue weighted by Crippen LogP contribution is -2.11. The molecule has 1 atom stereocenters. The van der Waals surface area contributed by atoms with E-state index >= 15 is 0 Å². The zero-order valence-electron chi connectivity index (χ0n) is 7.89. The Labute approximate surface area is 88.3 Å². The number of nitrogens with one attached hydrogen (secondary N) is 1. The van der Waals surface area contributed by atoms with Crippen LogP contribution in [0, 0.1) is 11.7 Å². The van der Waals surface area contributed by atoms with Crippen molar-refractivity contribution in [3.63, 3.8) is 0 Å². The van der Waals surface area contributed by atoms with Gasteiger partial charge in [-0.05, 0) is 55.6 Å². The summed E-state index contributed by atoms with van der Waals surface area (Å²) in [5.74, 6) is 0.407. The molecule has 1 unspecified atom stereocenters. The van der Waals surface area contributed by atoms with Gasteiger partial charge >= 0.3 is 0 Å². The van der Waals surface area contributed by atoms with Crippen LogP contribution in [0.3, 0.4) is 0 Å². The minimum Gasteiger partial charge on any atom is -0.316 e. The number of rotatable bonds is 2. The third-order valence-electron chi connectivity index (χ3n) is 2.68. The molecule has 1 aliphatic heterocycles. The third-order valence-corrected chi connectivity index (χ3v) is 3.05. The fourth-order valence-electron chi connectivity index (χ4n) is 1.90. The van der Waals surface area contributed by atoms with Gasteiger partial charge < -0.3 is 5.32 Å². The Morgan fingerprint density at radius 3 is 3.07 bits per heavy atom. The summed E-state index contributed by atoms with van der Waals surface area (Å²) in [6.45, 7) is 2.09. The predicted octanol–water partition coefficient (Wildman–Crippen LogP) is 2.63. The molecule has 1 N–H and O–H groups in total. The molecule has 0 aromatic heterocycles. The van der Waals surface area contributed by atoms with Gasteiger partial charge in [0.1, 0.15) is 5.82 Å².